The molecule has 0 saturated heterocycles. The highest BCUT2D eigenvalue weighted by atomic mass is 19.4. The Hall–Kier alpha value is -4.01. The molecule has 0 N–H and O–H groups in total. The van der Waals surface area contributed by atoms with Crippen molar-refractivity contribution in [2.75, 3.05) is 13.7 Å². The number of methoxy groups -OCH3 is 1. The fraction of sp³-hybridized carbons (Fsp3) is 0.200. The topological polar surface area (TPSA) is 71.1 Å². The lowest BCUT2D eigenvalue weighted by Crippen LogP contribution is -2.28. The number of alkyl halides is 3. The smallest absolute Gasteiger partial charge is 0.416 e. The third-order valence-corrected chi connectivity index (χ3v) is 4.62. The molecule has 0 aliphatic rings. The number of ether oxygens (including phenoxy) is 4. The van der Waals surface area contributed by atoms with Crippen molar-refractivity contribution in [2.45, 2.75) is 19.2 Å². The van der Waals surface area contributed by atoms with E-state index in [1.54, 1.807) is 24.3 Å². The molecule has 0 heterocycles. The Balaban J connectivity index is 1.50. The molecule has 0 spiro atoms. The van der Waals surface area contributed by atoms with Crippen LogP contribution in [0.4, 0.5) is 13.2 Å². The van der Waals surface area contributed by atoms with Crippen LogP contribution >= 0.6 is 0 Å². The standard InChI is InChI=1S/C25H21F3O6/c1-16(24(30)32-15-23(29)17-4-3-5-22(14-17)31-2)33-19-10-12-21(13-11-19)34-20-8-6-18(7-9-20)25(26,27)28/h3-14,16H,15H2,1-2H3. The third-order valence-electron chi connectivity index (χ3n) is 4.62. The lowest BCUT2D eigenvalue weighted by atomic mass is 10.1. The van der Waals surface area contributed by atoms with Crippen molar-refractivity contribution in [3.05, 3.63) is 83.9 Å². The molecule has 3 aromatic carbocycles. The van der Waals surface area contributed by atoms with Gasteiger partial charge in [0.25, 0.3) is 0 Å². The summed E-state index contributed by atoms with van der Waals surface area (Å²) < 4.78 is 59.1. The van der Waals surface area contributed by atoms with Crippen molar-refractivity contribution in [1.29, 1.82) is 0 Å². The normalized spacial score (nSPS) is 11.9. The van der Waals surface area contributed by atoms with Crippen LogP contribution in [0.5, 0.6) is 23.0 Å². The fourth-order valence-electron chi connectivity index (χ4n) is 2.82. The molecule has 178 valence electrons. The quantitative estimate of drug-likeness (QED) is 0.293. The first kappa shape index (κ1) is 24.6. The van der Waals surface area contributed by atoms with Crippen molar-refractivity contribution in [3.8, 4) is 23.0 Å². The highest BCUT2D eigenvalue weighted by Crippen LogP contribution is 2.31. The van der Waals surface area contributed by atoms with Gasteiger partial charge in [-0.1, -0.05) is 12.1 Å². The van der Waals surface area contributed by atoms with E-state index in [9.17, 15) is 22.8 Å². The van der Waals surface area contributed by atoms with Crippen LogP contribution in [0.15, 0.2) is 72.8 Å². The van der Waals surface area contributed by atoms with Crippen molar-refractivity contribution in [2.24, 2.45) is 0 Å². The van der Waals surface area contributed by atoms with Crippen LogP contribution in [0.3, 0.4) is 0 Å². The fourth-order valence-corrected chi connectivity index (χ4v) is 2.82. The molecule has 0 bridgehead atoms. The van der Waals surface area contributed by atoms with E-state index in [0.29, 0.717) is 22.8 Å². The molecular weight excluding hydrogens is 453 g/mol. The number of carbonyl (C=O) groups excluding carboxylic acids is 2. The van der Waals surface area contributed by atoms with Crippen LogP contribution < -0.4 is 14.2 Å². The number of benzene rings is 3. The van der Waals surface area contributed by atoms with Gasteiger partial charge in [0.2, 0.25) is 0 Å². The molecule has 3 aromatic rings. The summed E-state index contributed by atoms with van der Waals surface area (Å²) in [5.41, 5.74) is -0.418. The zero-order chi connectivity index (χ0) is 24.7. The van der Waals surface area contributed by atoms with Gasteiger partial charge in [-0.3, -0.25) is 4.79 Å². The summed E-state index contributed by atoms with van der Waals surface area (Å²) in [5.74, 6) is 0.346. The molecule has 0 aromatic heterocycles. The van der Waals surface area contributed by atoms with E-state index in [4.69, 9.17) is 18.9 Å². The van der Waals surface area contributed by atoms with E-state index >= 15 is 0 Å². The summed E-state index contributed by atoms with van der Waals surface area (Å²) in [4.78, 5) is 24.4. The van der Waals surface area contributed by atoms with Crippen LogP contribution in [0.25, 0.3) is 0 Å². The zero-order valence-electron chi connectivity index (χ0n) is 18.3. The first-order valence-corrected chi connectivity index (χ1v) is 10.1. The van der Waals surface area contributed by atoms with Crippen LogP contribution in [0.2, 0.25) is 0 Å². The lowest BCUT2D eigenvalue weighted by molar-refractivity contribution is -0.149. The minimum atomic E-state index is -4.42. The summed E-state index contributed by atoms with van der Waals surface area (Å²) in [6.07, 6.45) is -5.41. The van der Waals surface area contributed by atoms with Gasteiger partial charge in [-0.15, -0.1) is 0 Å². The summed E-state index contributed by atoms with van der Waals surface area (Å²) in [5, 5.41) is 0. The Morgan fingerprint density at radius 1 is 0.853 bits per heavy atom. The van der Waals surface area contributed by atoms with Gasteiger partial charge < -0.3 is 18.9 Å². The maximum absolute atomic E-state index is 12.6. The van der Waals surface area contributed by atoms with E-state index < -0.39 is 30.4 Å². The molecular formula is C25H21F3O6. The van der Waals surface area contributed by atoms with Crippen LogP contribution in [-0.2, 0) is 15.7 Å². The SMILES string of the molecule is COc1cccc(C(=O)COC(=O)C(C)Oc2ccc(Oc3ccc(C(F)(F)F)cc3)cc2)c1. The Bertz CT molecular complexity index is 1120. The van der Waals surface area contributed by atoms with Gasteiger partial charge in [0.05, 0.1) is 12.7 Å². The molecule has 0 radical (unpaired) electrons. The van der Waals surface area contributed by atoms with E-state index in [0.717, 1.165) is 12.1 Å². The second-order valence-corrected chi connectivity index (χ2v) is 7.12. The molecule has 0 aliphatic carbocycles. The highest BCUT2D eigenvalue weighted by molar-refractivity contribution is 5.98. The van der Waals surface area contributed by atoms with E-state index in [2.05, 4.69) is 0 Å². The average molecular weight is 474 g/mol. The van der Waals surface area contributed by atoms with Crippen molar-refractivity contribution < 1.29 is 41.7 Å². The summed E-state index contributed by atoms with van der Waals surface area (Å²) >= 11 is 0. The molecule has 1 unspecified atom stereocenters. The number of ketones is 1. The minimum absolute atomic E-state index is 0.235. The Morgan fingerprint density at radius 2 is 1.44 bits per heavy atom. The number of esters is 1. The monoisotopic (exact) mass is 474 g/mol. The number of rotatable bonds is 9. The van der Waals surface area contributed by atoms with Gasteiger partial charge >= 0.3 is 12.1 Å². The van der Waals surface area contributed by atoms with Gasteiger partial charge in [0, 0.05) is 5.56 Å². The molecule has 0 aliphatic heterocycles. The van der Waals surface area contributed by atoms with Gasteiger partial charge in [-0.25, -0.2) is 4.79 Å². The maximum atomic E-state index is 12.6. The Labute approximate surface area is 193 Å². The molecule has 1 atom stereocenters. The number of carbonyl (C=O) groups is 2. The molecule has 9 heteroatoms. The number of hydrogen-bond donors (Lipinski definition) is 0. The van der Waals surface area contributed by atoms with Gasteiger partial charge in [-0.05, 0) is 67.6 Å². The van der Waals surface area contributed by atoms with Crippen LogP contribution in [0.1, 0.15) is 22.8 Å². The van der Waals surface area contributed by atoms with Gasteiger partial charge in [-0.2, -0.15) is 13.2 Å². The summed E-state index contributed by atoms with van der Waals surface area (Å²) in [7, 11) is 1.48. The van der Waals surface area contributed by atoms with Crippen molar-refractivity contribution >= 4 is 11.8 Å². The molecule has 34 heavy (non-hydrogen) atoms. The molecule has 0 amide bonds. The van der Waals surface area contributed by atoms with Crippen molar-refractivity contribution in [1.82, 2.24) is 0 Å². The molecule has 0 saturated carbocycles. The van der Waals surface area contributed by atoms with Gasteiger partial charge in [0.1, 0.15) is 23.0 Å². The van der Waals surface area contributed by atoms with Gasteiger partial charge in [0.15, 0.2) is 18.5 Å². The van der Waals surface area contributed by atoms with Crippen LogP contribution in [-0.4, -0.2) is 31.6 Å². The molecule has 0 fully saturated rings. The zero-order valence-corrected chi connectivity index (χ0v) is 18.3. The minimum Gasteiger partial charge on any atom is -0.497 e. The summed E-state index contributed by atoms with van der Waals surface area (Å²) in [6, 6.07) is 16.9. The third kappa shape index (κ3) is 6.74. The number of Topliss-reactive ketones (excluding diaryl/α,β-unsaturated/α-hetero) is 1. The second kappa shape index (κ2) is 10.7. The van der Waals surface area contributed by atoms with E-state index in [1.807, 2.05) is 0 Å². The molecule has 6 nitrogen and oxygen atoms in total. The summed E-state index contributed by atoms with van der Waals surface area (Å²) in [6.45, 7) is 1.03. The first-order valence-electron chi connectivity index (χ1n) is 10.1. The Morgan fingerprint density at radius 3 is 2.03 bits per heavy atom. The van der Waals surface area contributed by atoms with E-state index in [1.165, 1.54) is 50.4 Å². The maximum Gasteiger partial charge on any atom is 0.416 e. The van der Waals surface area contributed by atoms with E-state index in [-0.39, 0.29) is 11.5 Å². The highest BCUT2D eigenvalue weighted by Gasteiger charge is 2.30. The van der Waals surface area contributed by atoms with Crippen molar-refractivity contribution in [3.63, 3.8) is 0 Å². The predicted molar refractivity (Wildman–Crippen MR) is 116 cm³/mol. The number of halogens is 3. The predicted octanol–water partition coefficient (Wildman–Crippen LogP) is 5.70. The Kier molecular flexibility index (Phi) is 7.78. The average Bonchev–Trinajstić information content (AvgIpc) is 2.83. The largest absolute Gasteiger partial charge is 0.497 e. The first-order chi connectivity index (χ1) is 16.2. The second-order valence-electron chi connectivity index (χ2n) is 7.12. The van der Waals surface area contributed by atoms with Crippen LogP contribution in [0, 0.1) is 0 Å². The molecule has 3 rings (SSSR count). The lowest BCUT2D eigenvalue weighted by Gasteiger charge is -2.14. The number of hydrogen-bond acceptors (Lipinski definition) is 6.